The molecule has 21 heavy (non-hydrogen) atoms. The first-order valence-electron chi connectivity index (χ1n) is 6.22. The third kappa shape index (κ3) is 2.85. The summed E-state index contributed by atoms with van der Waals surface area (Å²) in [6, 6.07) is 7.24. The molecule has 2 aromatic heterocycles. The summed E-state index contributed by atoms with van der Waals surface area (Å²) in [5, 5.41) is 0.369. The van der Waals surface area contributed by atoms with Crippen LogP contribution in [0.2, 0.25) is 5.15 Å². The molecular formula is C14H11ClN4O2. The molecule has 0 aliphatic heterocycles. The predicted octanol–water partition coefficient (Wildman–Crippen LogP) is 2.45. The third-order valence-electron chi connectivity index (χ3n) is 2.90. The highest BCUT2D eigenvalue weighted by Gasteiger charge is 2.09. The summed E-state index contributed by atoms with van der Waals surface area (Å²) in [5.74, 6) is 0.176. The standard InChI is InChI=1S/C14H11ClN4O2/c1-9(20)21-11-4-2-10(3-5-11)6-19-8-18-14-12(19)13(15)16-7-17-14/h2-5,7-8H,6H2,1H3. The van der Waals surface area contributed by atoms with Crippen molar-refractivity contribution in [3.8, 4) is 5.75 Å². The lowest BCUT2D eigenvalue weighted by Gasteiger charge is -2.06. The van der Waals surface area contributed by atoms with Crippen LogP contribution >= 0.6 is 11.6 Å². The Morgan fingerprint density at radius 1 is 1.24 bits per heavy atom. The number of halogens is 1. The highest BCUT2D eigenvalue weighted by molar-refractivity contribution is 6.33. The van der Waals surface area contributed by atoms with Crippen molar-refractivity contribution in [3.63, 3.8) is 0 Å². The molecule has 0 aliphatic rings. The molecule has 0 saturated heterocycles. The molecule has 3 aromatic rings. The monoisotopic (exact) mass is 302 g/mol. The van der Waals surface area contributed by atoms with Crippen LogP contribution in [0.1, 0.15) is 12.5 Å². The Bertz CT molecular complexity index is 798. The normalized spacial score (nSPS) is 10.8. The van der Waals surface area contributed by atoms with E-state index in [1.807, 2.05) is 16.7 Å². The van der Waals surface area contributed by atoms with E-state index in [4.69, 9.17) is 16.3 Å². The molecular weight excluding hydrogens is 292 g/mol. The Morgan fingerprint density at radius 3 is 2.71 bits per heavy atom. The zero-order chi connectivity index (χ0) is 14.8. The topological polar surface area (TPSA) is 69.9 Å². The number of carbonyl (C=O) groups excluding carboxylic acids is 1. The number of fused-ring (bicyclic) bond motifs is 1. The van der Waals surface area contributed by atoms with Crippen molar-refractivity contribution in [1.29, 1.82) is 0 Å². The van der Waals surface area contributed by atoms with Crippen LogP contribution in [0.15, 0.2) is 36.9 Å². The molecule has 6 nitrogen and oxygen atoms in total. The SMILES string of the molecule is CC(=O)Oc1ccc(Cn2cnc3ncnc(Cl)c32)cc1. The molecule has 0 atom stereocenters. The van der Waals surface area contributed by atoms with Crippen molar-refractivity contribution in [1.82, 2.24) is 19.5 Å². The molecule has 0 bridgehead atoms. The fourth-order valence-electron chi connectivity index (χ4n) is 2.02. The molecule has 0 saturated carbocycles. The Labute approximate surface area is 125 Å². The average molecular weight is 303 g/mol. The van der Waals surface area contributed by atoms with Crippen molar-refractivity contribution in [2.45, 2.75) is 13.5 Å². The van der Waals surface area contributed by atoms with Crippen LogP contribution in [0.4, 0.5) is 0 Å². The molecule has 1 aromatic carbocycles. The van der Waals surface area contributed by atoms with E-state index in [-0.39, 0.29) is 5.97 Å². The minimum absolute atomic E-state index is 0.340. The number of esters is 1. The number of ether oxygens (including phenoxy) is 1. The van der Waals surface area contributed by atoms with Gasteiger partial charge in [0.1, 0.15) is 17.6 Å². The number of hydrogen-bond acceptors (Lipinski definition) is 5. The van der Waals surface area contributed by atoms with E-state index in [9.17, 15) is 4.79 Å². The highest BCUT2D eigenvalue weighted by atomic mass is 35.5. The summed E-state index contributed by atoms with van der Waals surface area (Å²) in [7, 11) is 0. The van der Waals surface area contributed by atoms with E-state index in [0.29, 0.717) is 28.6 Å². The van der Waals surface area contributed by atoms with Crippen molar-refractivity contribution in [2.75, 3.05) is 0 Å². The van der Waals surface area contributed by atoms with Gasteiger partial charge in [0.05, 0.1) is 6.33 Å². The number of hydrogen-bond donors (Lipinski definition) is 0. The molecule has 2 heterocycles. The second-order valence-corrected chi connectivity index (χ2v) is 4.80. The van der Waals surface area contributed by atoms with Gasteiger partial charge in [-0.25, -0.2) is 15.0 Å². The van der Waals surface area contributed by atoms with E-state index in [1.54, 1.807) is 18.5 Å². The van der Waals surface area contributed by atoms with Gasteiger partial charge in [0.15, 0.2) is 10.8 Å². The third-order valence-corrected chi connectivity index (χ3v) is 3.18. The average Bonchev–Trinajstić information content (AvgIpc) is 2.85. The van der Waals surface area contributed by atoms with Crippen LogP contribution in [-0.4, -0.2) is 25.5 Å². The van der Waals surface area contributed by atoms with Gasteiger partial charge in [-0.3, -0.25) is 4.79 Å². The maximum absolute atomic E-state index is 10.9. The zero-order valence-electron chi connectivity index (χ0n) is 11.2. The van der Waals surface area contributed by atoms with Gasteiger partial charge in [0, 0.05) is 13.5 Å². The molecule has 3 rings (SSSR count). The number of imidazole rings is 1. The lowest BCUT2D eigenvalue weighted by atomic mass is 10.2. The van der Waals surface area contributed by atoms with E-state index in [2.05, 4.69) is 15.0 Å². The summed E-state index contributed by atoms with van der Waals surface area (Å²) in [6.07, 6.45) is 3.06. The van der Waals surface area contributed by atoms with Crippen molar-refractivity contribution in [3.05, 3.63) is 47.6 Å². The Kier molecular flexibility index (Phi) is 3.53. The van der Waals surface area contributed by atoms with E-state index in [1.165, 1.54) is 13.3 Å². The number of benzene rings is 1. The van der Waals surface area contributed by atoms with E-state index >= 15 is 0 Å². The van der Waals surface area contributed by atoms with Gasteiger partial charge >= 0.3 is 5.97 Å². The van der Waals surface area contributed by atoms with Crippen molar-refractivity contribution >= 4 is 28.7 Å². The van der Waals surface area contributed by atoms with Gasteiger partial charge in [-0.15, -0.1) is 0 Å². The lowest BCUT2D eigenvalue weighted by molar-refractivity contribution is -0.131. The van der Waals surface area contributed by atoms with Crippen LogP contribution in [0.5, 0.6) is 5.75 Å². The van der Waals surface area contributed by atoms with Crippen molar-refractivity contribution in [2.24, 2.45) is 0 Å². The summed E-state index contributed by atoms with van der Waals surface area (Å²) >= 11 is 6.08. The minimum atomic E-state index is -0.340. The Balaban J connectivity index is 1.87. The molecule has 0 N–H and O–H groups in total. The van der Waals surface area contributed by atoms with Gasteiger partial charge in [-0.05, 0) is 17.7 Å². The molecule has 106 valence electrons. The Hall–Kier alpha value is -2.47. The van der Waals surface area contributed by atoms with Gasteiger partial charge in [0.2, 0.25) is 0 Å². The summed E-state index contributed by atoms with van der Waals surface area (Å²) in [5.41, 5.74) is 2.28. The molecule has 0 aliphatic carbocycles. The molecule has 0 amide bonds. The van der Waals surface area contributed by atoms with Crippen LogP contribution in [0.25, 0.3) is 11.2 Å². The summed E-state index contributed by atoms with van der Waals surface area (Å²) < 4.78 is 6.87. The summed E-state index contributed by atoms with van der Waals surface area (Å²) in [4.78, 5) is 23.1. The maximum Gasteiger partial charge on any atom is 0.308 e. The first kappa shape index (κ1) is 13.5. The molecule has 0 spiro atoms. The van der Waals surface area contributed by atoms with Crippen molar-refractivity contribution < 1.29 is 9.53 Å². The fraction of sp³-hybridized carbons (Fsp3) is 0.143. The quantitative estimate of drug-likeness (QED) is 0.422. The Morgan fingerprint density at radius 2 is 2.00 bits per heavy atom. The number of carbonyl (C=O) groups is 1. The number of nitrogens with zero attached hydrogens (tertiary/aromatic N) is 4. The smallest absolute Gasteiger partial charge is 0.308 e. The molecule has 0 fully saturated rings. The second kappa shape index (κ2) is 5.49. The first-order chi connectivity index (χ1) is 10.1. The molecule has 7 heteroatoms. The summed E-state index contributed by atoms with van der Waals surface area (Å²) in [6.45, 7) is 1.94. The minimum Gasteiger partial charge on any atom is -0.427 e. The maximum atomic E-state index is 10.9. The van der Waals surface area contributed by atoms with E-state index < -0.39 is 0 Å². The van der Waals surface area contributed by atoms with Gasteiger partial charge in [0.25, 0.3) is 0 Å². The predicted molar refractivity (Wildman–Crippen MR) is 77.2 cm³/mol. The van der Waals surface area contributed by atoms with Crippen LogP contribution in [-0.2, 0) is 11.3 Å². The lowest BCUT2D eigenvalue weighted by Crippen LogP contribution is -2.02. The van der Waals surface area contributed by atoms with Gasteiger partial charge < -0.3 is 9.30 Å². The first-order valence-corrected chi connectivity index (χ1v) is 6.60. The number of rotatable bonds is 3. The largest absolute Gasteiger partial charge is 0.427 e. The highest BCUT2D eigenvalue weighted by Crippen LogP contribution is 2.20. The van der Waals surface area contributed by atoms with Crippen LogP contribution < -0.4 is 4.74 Å². The number of aromatic nitrogens is 4. The van der Waals surface area contributed by atoms with Crippen LogP contribution in [0, 0.1) is 0 Å². The van der Waals surface area contributed by atoms with Gasteiger partial charge in [-0.2, -0.15) is 0 Å². The van der Waals surface area contributed by atoms with Gasteiger partial charge in [-0.1, -0.05) is 23.7 Å². The van der Waals surface area contributed by atoms with Crippen LogP contribution in [0.3, 0.4) is 0 Å². The zero-order valence-corrected chi connectivity index (χ0v) is 11.9. The molecule has 0 radical (unpaired) electrons. The second-order valence-electron chi connectivity index (χ2n) is 4.45. The van der Waals surface area contributed by atoms with E-state index in [0.717, 1.165) is 5.56 Å². The fourth-order valence-corrected chi connectivity index (χ4v) is 2.25. The molecule has 0 unspecified atom stereocenters.